The molecule has 6 nitrogen and oxygen atoms in total. The second-order valence-corrected chi connectivity index (χ2v) is 5.77. The predicted molar refractivity (Wildman–Crippen MR) is 99.7 cm³/mol. The zero-order valence-electron chi connectivity index (χ0n) is 14.2. The molecule has 0 saturated carbocycles. The number of hydrazone groups is 1. The van der Waals surface area contributed by atoms with Gasteiger partial charge in [0.05, 0.1) is 11.1 Å². The first kappa shape index (κ1) is 18.4. The number of anilines is 2. The van der Waals surface area contributed by atoms with Gasteiger partial charge in [-0.1, -0.05) is 53.6 Å². The van der Waals surface area contributed by atoms with Gasteiger partial charge in [-0.2, -0.15) is 5.43 Å². The molecule has 0 unspecified atom stereocenters. The Morgan fingerprint density at radius 2 is 1.44 bits per heavy atom. The Morgan fingerprint density at radius 3 is 2.11 bits per heavy atom. The van der Waals surface area contributed by atoms with Crippen LogP contribution >= 0.6 is 0 Å². The maximum atomic E-state index is 11.7. The number of rotatable bonds is 4. The first-order valence-corrected chi connectivity index (χ1v) is 8.19. The van der Waals surface area contributed by atoms with E-state index in [0.717, 1.165) is 17.1 Å². The van der Waals surface area contributed by atoms with Crippen LogP contribution in [0.15, 0.2) is 90.0 Å². The molecule has 0 aromatic heterocycles. The predicted octanol–water partition coefficient (Wildman–Crippen LogP) is -0.529. The average molecular weight is 381 g/mol. The average Bonchev–Trinajstić information content (AvgIpc) is 3.14. The van der Waals surface area contributed by atoms with Crippen molar-refractivity contribution < 1.29 is 27.7 Å². The highest BCUT2D eigenvalue weighted by Crippen LogP contribution is 2.26. The van der Waals surface area contributed by atoms with Crippen molar-refractivity contribution in [3.05, 3.63) is 96.1 Å². The van der Waals surface area contributed by atoms with Gasteiger partial charge >= 0.3 is 5.97 Å². The van der Waals surface area contributed by atoms with Crippen LogP contribution in [0.4, 0.5) is 11.4 Å². The third kappa shape index (κ3) is 3.62. The molecule has 0 radical (unpaired) electrons. The number of benzene rings is 3. The molecule has 136 valence electrons. The molecule has 1 heterocycles. The summed E-state index contributed by atoms with van der Waals surface area (Å²) in [7, 11) is 0. The first-order chi connectivity index (χ1) is 12.7. The van der Waals surface area contributed by atoms with Crippen molar-refractivity contribution in [1.29, 1.82) is 0 Å². The van der Waals surface area contributed by atoms with Crippen LogP contribution in [-0.2, 0) is 0 Å². The molecule has 3 aromatic carbocycles. The van der Waals surface area contributed by atoms with E-state index in [1.54, 1.807) is 29.4 Å². The van der Waals surface area contributed by atoms with Crippen LogP contribution < -0.4 is 28.1 Å². The van der Waals surface area contributed by atoms with Gasteiger partial charge in [0.2, 0.25) is 0 Å². The number of nitrogens with two attached hydrogens (primary N) is 1. The van der Waals surface area contributed by atoms with Crippen molar-refractivity contribution in [2.45, 2.75) is 0 Å². The molecule has 3 N–H and O–H groups in total. The van der Waals surface area contributed by atoms with E-state index in [2.05, 4.69) is 5.10 Å². The topological polar surface area (TPSA) is 72.7 Å². The largest absolute Gasteiger partial charge is 1.00 e. The summed E-state index contributed by atoms with van der Waals surface area (Å²) in [5.41, 5.74) is 4.46. The van der Waals surface area contributed by atoms with Gasteiger partial charge < -0.3 is 17.5 Å². The molecule has 7 heteroatoms. The van der Waals surface area contributed by atoms with Gasteiger partial charge in [0.25, 0.3) is 5.84 Å². The molecular weight excluding hydrogens is 364 g/mol. The fourth-order valence-electron chi connectivity index (χ4n) is 2.85. The minimum atomic E-state index is -0.989. The summed E-state index contributed by atoms with van der Waals surface area (Å²) in [5.74, 6) is -0.230. The molecule has 4 rings (SSSR count). The van der Waals surface area contributed by atoms with Gasteiger partial charge in [0, 0.05) is 0 Å². The van der Waals surface area contributed by atoms with Crippen LogP contribution in [0.2, 0.25) is 0 Å². The van der Waals surface area contributed by atoms with Crippen LogP contribution in [0, 0.1) is 0 Å². The van der Waals surface area contributed by atoms with Crippen molar-refractivity contribution in [3.63, 3.8) is 0 Å². The van der Waals surface area contributed by atoms with Crippen molar-refractivity contribution >= 4 is 23.2 Å². The zero-order chi connectivity index (χ0) is 17.9. The number of halogens is 1. The minimum Gasteiger partial charge on any atom is -1.00 e. The van der Waals surface area contributed by atoms with Gasteiger partial charge in [-0.15, -0.1) is 10.2 Å². The fourth-order valence-corrected chi connectivity index (χ4v) is 2.85. The second kappa shape index (κ2) is 7.90. The molecule has 1 aliphatic rings. The van der Waals surface area contributed by atoms with E-state index in [-0.39, 0.29) is 18.0 Å². The van der Waals surface area contributed by atoms with E-state index in [9.17, 15) is 9.90 Å². The Balaban J connectivity index is 0.00000210. The van der Waals surface area contributed by atoms with Gasteiger partial charge in [0.15, 0.2) is 0 Å². The summed E-state index contributed by atoms with van der Waals surface area (Å²) in [4.78, 5) is 11.7. The maximum absolute atomic E-state index is 11.7. The van der Waals surface area contributed by atoms with Crippen LogP contribution in [0.25, 0.3) is 0 Å². The fraction of sp³-hybridized carbons (Fsp3) is 0. The number of carbonyl (C=O) groups is 1. The minimum absolute atomic E-state index is 0. The molecular formula is C20H17ClN4O2. The highest BCUT2D eigenvalue weighted by molar-refractivity contribution is 5.97. The SMILES string of the molecule is O=C(O)c1ccccc1N1N=C(c2ccccc2)[NH2+]N1c1ccccc1.[Cl-]. The maximum Gasteiger partial charge on any atom is 0.337 e. The molecule has 0 atom stereocenters. The molecule has 0 spiro atoms. The van der Waals surface area contributed by atoms with E-state index in [1.165, 1.54) is 0 Å². The Labute approximate surface area is 162 Å². The second-order valence-electron chi connectivity index (χ2n) is 5.77. The molecule has 1 aliphatic heterocycles. The molecule has 0 fully saturated rings. The van der Waals surface area contributed by atoms with E-state index in [0.29, 0.717) is 5.69 Å². The van der Waals surface area contributed by atoms with Gasteiger partial charge in [-0.25, -0.2) is 4.79 Å². The van der Waals surface area contributed by atoms with E-state index >= 15 is 0 Å². The highest BCUT2D eigenvalue weighted by Gasteiger charge is 2.33. The van der Waals surface area contributed by atoms with Crippen molar-refractivity contribution in [1.82, 2.24) is 0 Å². The zero-order valence-corrected chi connectivity index (χ0v) is 15.0. The number of carboxylic acids is 1. The van der Waals surface area contributed by atoms with Crippen molar-refractivity contribution in [3.8, 4) is 0 Å². The summed E-state index contributed by atoms with van der Waals surface area (Å²) in [6.45, 7) is 0. The summed E-state index contributed by atoms with van der Waals surface area (Å²) < 4.78 is 0. The van der Waals surface area contributed by atoms with Gasteiger partial charge in [-0.3, -0.25) is 0 Å². The number of carboxylic acid groups (broad SMARTS) is 1. The number of nitrogens with zero attached hydrogens (tertiary/aromatic N) is 3. The van der Waals surface area contributed by atoms with Crippen LogP contribution in [-0.4, -0.2) is 16.9 Å². The number of aromatic carboxylic acids is 1. The molecule has 0 amide bonds. The third-order valence-electron chi connectivity index (χ3n) is 4.09. The smallest absolute Gasteiger partial charge is 0.337 e. The van der Waals surface area contributed by atoms with Gasteiger partial charge in [0.1, 0.15) is 11.4 Å². The van der Waals surface area contributed by atoms with Crippen LogP contribution in [0.5, 0.6) is 0 Å². The molecule has 0 bridgehead atoms. The lowest BCUT2D eigenvalue weighted by Crippen LogP contribution is -3.00. The first-order valence-electron chi connectivity index (χ1n) is 8.19. The highest BCUT2D eigenvalue weighted by atomic mass is 35.5. The lowest BCUT2D eigenvalue weighted by Gasteiger charge is -2.24. The van der Waals surface area contributed by atoms with Crippen LogP contribution in [0.3, 0.4) is 0 Å². The Hall–Kier alpha value is -3.35. The van der Waals surface area contributed by atoms with E-state index in [1.807, 2.05) is 71.2 Å². The monoisotopic (exact) mass is 380 g/mol. The quantitative estimate of drug-likeness (QED) is 0.597. The van der Waals surface area contributed by atoms with Crippen LogP contribution in [0.1, 0.15) is 15.9 Å². The molecule has 0 saturated heterocycles. The summed E-state index contributed by atoms with van der Waals surface area (Å²) in [6, 6.07) is 26.4. The summed E-state index contributed by atoms with van der Waals surface area (Å²) in [5, 5.41) is 17.7. The number of hydrogen-bond donors (Lipinski definition) is 2. The van der Waals surface area contributed by atoms with E-state index in [4.69, 9.17) is 0 Å². The van der Waals surface area contributed by atoms with Crippen molar-refractivity contribution in [2.24, 2.45) is 5.10 Å². The van der Waals surface area contributed by atoms with Crippen molar-refractivity contribution in [2.75, 3.05) is 10.2 Å². The number of hydrazine groups is 1. The number of quaternary nitrogens is 1. The Bertz CT molecular complexity index is 964. The Morgan fingerprint density at radius 1 is 0.852 bits per heavy atom. The summed E-state index contributed by atoms with van der Waals surface area (Å²) >= 11 is 0. The Kier molecular flexibility index (Phi) is 5.40. The third-order valence-corrected chi connectivity index (χ3v) is 4.09. The van der Waals surface area contributed by atoms with Gasteiger partial charge in [-0.05, 0) is 36.4 Å². The lowest BCUT2D eigenvalue weighted by molar-refractivity contribution is -0.545. The normalized spacial score (nSPS) is 13.1. The molecule has 27 heavy (non-hydrogen) atoms. The summed E-state index contributed by atoms with van der Waals surface area (Å²) in [6.07, 6.45) is 0. The lowest BCUT2D eigenvalue weighted by atomic mass is 10.2. The number of para-hydroxylation sites is 2. The number of hydrogen-bond acceptors (Lipinski definition) is 4. The molecule has 0 aliphatic carbocycles. The van der Waals surface area contributed by atoms with E-state index < -0.39 is 5.97 Å². The standard InChI is InChI=1S/C20H16N4O2.ClH/c25-20(26)17-13-7-8-14-18(17)24-22-19(15-9-3-1-4-10-15)21-23(24)16-11-5-2-6-12-16;/h1-14H,(H,21,22)(H,25,26);1H. The number of amidine groups is 1. The molecule has 3 aromatic rings.